The zero-order valence-corrected chi connectivity index (χ0v) is 20.0. The van der Waals surface area contributed by atoms with E-state index in [-0.39, 0.29) is 44.0 Å². The molecule has 3 aromatic rings. The normalized spacial score (nSPS) is 12.3. The number of benzene rings is 2. The van der Waals surface area contributed by atoms with Gasteiger partial charge in [-0.2, -0.15) is 5.26 Å². The highest BCUT2D eigenvalue weighted by molar-refractivity contribution is 6.39. The first-order chi connectivity index (χ1) is 16.9. The topological polar surface area (TPSA) is 119 Å². The number of hydrogen-bond donors (Lipinski definition) is 2. The molecule has 0 aliphatic heterocycles. The third-order valence-electron chi connectivity index (χ3n) is 5.65. The van der Waals surface area contributed by atoms with E-state index in [0.29, 0.717) is 0 Å². The molecule has 2 aromatic carbocycles. The monoisotopic (exact) mass is 474 g/mol. The summed E-state index contributed by atoms with van der Waals surface area (Å²) in [5.41, 5.74) is 2.51. The van der Waals surface area contributed by atoms with E-state index in [9.17, 15) is 20.1 Å². The fourth-order valence-electron chi connectivity index (χ4n) is 3.95. The maximum absolute atomic E-state index is 13.4. The van der Waals surface area contributed by atoms with Crippen molar-refractivity contribution in [1.29, 1.82) is 5.26 Å². The largest absolute Gasteiger partial charge is 0.459 e. The first kappa shape index (κ1) is 25.5. The second-order valence-electron chi connectivity index (χ2n) is 8.72. The van der Waals surface area contributed by atoms with Gasteiger partial charge in [0.15, 0.2) is 0 Å². The molecule has 1 aromatic heterocycles. The minimum absolute atomic E-state index is 0.0000916. The highest BCUT2D eigenvalue weighted by atomic mass is 16.5. The van der Waals surface area contributed by atoms with Gasteiger partial charge in [0, 0.05) is 36.5 Å². The molecule has 3 rings (SSSR count). The Hall–Kier alpha value is -4.12. The van der Waals surface area contributed by atoms with Crippen LogP contribution in [-0.4, -0.2) is 45.3 Å². The molecule has 0 bridgehead atoms. The molecule has 8 heteroatoms. The number of aromatic nitrogens is 1. The molecule has 35 heavy (non-hydrogen) atoms. The van der Waals surface area contributed by atoms with Crippen LogP contribution in [0, 0.1) is 17.2 Å². The molecule has 0 aliphatic rings. The Labute approximate surface area is 204 Å². The predicted octanol–water partition coefficient (Wildman–Crippen LogP) is 4.44. The Morgan fingerprint density at radius 2 is 1.86 bits per heavy atom. The van der Waals surface area contributed by atoms with Gasteiger partial charge in [0.2, 0.25) is 0 Å². The molecule has 0 saturated carbocycles. The molecule has 1 amide bonds. The number of carbonyl (C=O) groups is 2. The van der Waals surface area contributed by atoms with Crippen LogP contribution in [0.4, 0.5) is 0 Å². The van der Waals surface area contributed by atoms with E-state index in [1.807, 2.05) is 80.7 Å². The Bertz CT molecular complexity index is 1210. The van der Waals surface area contributed by atoms with Crippen LogP contribution in [-0.2, 0) is 27.4 Å². The maximum Gasteiger partial charge on any atom is 0.329 e. The standard InChI is InChI=1S/C27H30N4O4/c1-19(2)15-24(30-34)26(32)31(14-8-13-28)25(27(33)35-18-20-9-4-3-5-10-20)16-21-17-29-23-12-7-6-11-22(21)23/h3-7,9-12,17,19,25,29,34H,8,14-16,18H2,1-2H3/t25-/m0/s1. The predicted molar refractivity (Wildman–Crippen MR) is 133 cm³/mol. The molecule has 2 N–H and O–H groups in total. The van der Waals surface area contributed by atoms with Crippen molar-refractivity contribution in [2.75, 3.05) is 6.54 Å². The number of amides is 1. The van der Waals surface area contributed by atoms with E-state index >= 15 is 0 Å². The average molecular weight is 475 g/mol. The van der Waals surface area contributed by atoms with Gasteiger partial charge in [-0.05, 0) is 23.1 Å². The number of carbonyl (C=O) groups excluding carboxylic acids is 2. The molecule has 0 fully saturated rings. The smallest absolute Gasteiger partial charge is 0.329 e. The van der Waals surface area contributed by atoms with Gasteiger partial charge < -0.3 is 19.8 Å². The lowest BCUT2D eigenvalue weighted by molar-refractivity contribution is -0.154. The molecule has 0 spiro atoms. The Balaban J connectivity index is 1.95. The highest BCUT2D eigenvalue weighted by Gasteiger charge is 2.34. The van der Waals surface area contributed by atoms with Gasteiger partial charge in [-0.3, -0.25) is 4.79 Å². The van der Waals surface area contributed by atoms with Crippen LogP contribution in [0.25, 0.3) is 10.9 Å². The molecule has 0 aliphatic carbocycles. The number of aromatic amines is 1. The fourth-order valence-corrected chi connectivity index (χ4v) is 3.95. The summed E-state index contributed by atoms with van der Waals surface area (Å²) in [4.78, 5) is 31.3. The van der Waals surface area contributed by atoms with Crippen LogP contribution in [0.2, 0.25) is 0 Å². The van der Waals surface area contributed by atoms with Crippen LogP contribution in [0.15, 0.2) is 65.9 Å². The number of oxime groups is 1. The minimum atomic E-state index is -1.01. The SMILES string of the molecule is CC(C)CC(=NO)C(=O)N(CCC#N)[C@@H](Cc1c[nH]c2ccccc12)C(=O)OCc1ccccc1. The Morgan fingerprint density at radius 1 is 1.14 bits per heavy atom. The number of nitrogens with one attached hydrogen (secondary N) is 1. The highest BCUT2D eigenvalue weighted by Crippen LogP contribution is 2.22. The van der Waals surface area contributed by atoms with Crippen molar-refractivity contribution in [1.82, 2.24) is 9.88 Å². The summed E-state index contributed by atoms with van der Waals surface area (Å²) in [5.74, 6) is -1.12. The second-order valence-corrected chi connectivity index (χ2v) is 8.72. The number of H-pyrrole nitrogens is 1. The van der Waals surface area contributed by atoms with E-state index < -0.39 is 17.9 Å². The number of esters is 1. The number of nitrogens with zero attached hydrogens (tertiary/aromatic N) is 3. The van der Waals surface area contributed by atoms with Crippen molar-refractivity contribution in [2.24, 2.45) is 11.1 Å². The Kier molecular flexibility index (Phi) is 9.02. The molecule has 1 heterocycles. The van der Waals surface area contributed by atoms with Gasteiger partial charge >= 0.3 is 5.97 Å². The third-order valence-corrected chi connectivity index (χ3v) is 5.65. The number of nitriles is 1. The van der Waals surface area contributed by atoms with E-state index in [2.05, 4.69) is 10.1 Å². The molecule has 0 saturated heterocycles. The lowest BCUT2D eigenvalue weighted by Gasteiger charge is -2.30. The summed E-state index contributed by atoms with van der Waals surface area (Å²) < 4.78 is 5.63. The molecule has 8 nitrogen and oxygen atoms in total. The van der Waals surface area contributed by atoms with Crippen LogP contribution in [0.3, 0.4) is 0 Å². The van der Waals surface area contributed by atoms with Gasteiger partial charge in [0.25, 0.3) is 5.91 Å². The van der Waals surface area contributed by atoms with Gasteiger partial charge in [-0.1, -0.05) is 67.5 Å². The van der Waals surface area contributed by atoms with Gasteiger partial charge in [0.05, 0.1) is 12.5 Å². The Morgan fingerprint density at radius 3 is 2.54 bits per heavy atom. The number of hydrogen-bond acceptors (Lipinski definition) is 6. The average Bonchev–Trinajstić information content (AvgIpc) is 3.28. The number of para-hydroxylation sites is 1. The fraction of sp³-hybridized carbons (Fsp3) is 0.333. The lowest BCUT2D eigenvalue weighted by atomic mass is 10.0. The van der Waals surface area contributed by atoms with E-state index in [0.717, 1.165) is 22.0 Å². The molecular formula is C27H30N4O4. The quantitative estimate of drug-likeness (QED) is 0.184. The van der Waals surface area contributed by atoms with Gasteiger partial charge in [0.1, 0.15) is 18.4 Å². The van der Waals surface area contributed by atoms with Crippen molar-refractivity contribution in [3.8, 4) is 6.07 Å². The van der Waals surface area contributed by atoms with Crippen LogP contribution in [0.1, 0.15) is 37.8 Å². The van der Waals surface area contributed by atoms with Gasteiger partial charge in [-0.15, -0.1) is 0 Å². The summed E-state index contributed by atoms with van der Waals surface area (Å²) in [6.45, 7) is 3.85. The first-order valence-corrected chi connectivity index (χ1v) is 11.6. The number of fused-ring (bicyclic) bond motifs is 1. The minimum Gasteiger partial charge on any atom is -0.459 e. The third kappa shape index (κ3) is 6.70. The number of rotatable bonds is 11. The van der Waals surface area contributed by atoms with Crippen molar-refractivity contribution >= 4 is 28.5 Å². The van der Waals surface area contributed by atoms with E-state index in [4.69, 9.17) is 4.74 Å². The lowest BCUT2D eigenvalue weighted by Crippen LogP contribution is -2.50. The second kappa shape index (κ2) is 12.4. The van der Waals surface area contributed by atoms with Crippen LogP contribution >= 0.6 is 0 Å². The molecule has 0 radical (unpaired) electrons. The van der Waals surface area contributed by atoms with E-state index in [1.165, 1.54) is 4.90 Å². The first-order valence-electron chi connectivity index (χ1n) is 11.6. The summed E-state index contributed by atoms with van der Waals surface area (Å²) in [6.07, 6.45) is 2.24. The zero-order chi connectivity index (χ0) is 25.2. The molecule has 1 atom stereocenters. The molecule has 182 valence electrons. The molecular weight excluding hydrogens is 444 g/mol. The van der Waals surface area contributed by atoms with Gasteiger partial charge in [-0.25, -0.2) is 4.79 Å². The summed E-state index contributed by atoms with van der Waals surface area (Å²) in [6, 6.07) is 18.0. The van der Waals surface area contributed by atoms with Crippen LogP contribution in [0.5, 0.6) is 0 Å². The van der Waals surface area contributed by atoms with Crippen molar-refractivity contribution in [3.05, 3.63) is 71.9 Å². The summed E-state index contributed by atoms with van der Waals surface area (Å²) in [5, 5.41) is 22.9. The summed E-state index contributed by atoms with van der Waals surface area (Å²) in [7, 11) is 0. The summed E-state index contributed by atoms with van der Waals surface area (Å²) >= 11 is 0. The number of ether oxygens (including phenoxy) is 1. The van der Waals surface area contributed by atoms with E-state index in [1.54, 1.807) is 0 Å². The molecule has 0 unspecified atom stereocenters. The van der Waals surface area contributed by atoms with Crippen molar-refractivity contribution in [3.63, 3.8) is 0 Å². The van der Waals surface area contributed by atoms with Crippen molar-refractivity contribution < 1.29 is 19.5 Å². The zero-order valence-electron chi connectivity index (χ0n) is 20.0. The maximum atomic E-state index is 13.4. The van der Waals surface area contributed by atoms with Crippen LogP contribution < -0.4 is 0 Å². The van der Waals surface area contributed by atoms with Crippen molar-refractivity contribution in [2.45, 2.75) is 45.8 Å².